The Kier molecular flexibility index (Phi) is 5.34. The Bertz CT molecular complexity index is 1800. The Morgan fingerprint density at radius 3 is 1.57 bits per heavy atom. The number of fused-ring (bicyclic) bond motifs is 3. The Balaban J connectivity index is 1.56. The van der Waals surface area contributed by atoms with Gasteiger partial charge < -0.3 is 0 Å². The molecule has 174 valence electrons. The van der Waals surface area contributed by atoms with Crippen LogP contribution in [0.5, 0.6) is 0 Å². The van der Waals surface area contributed by atoms with E-state index in [-0.39, 0.29) is 0 Å². The molecule has 0 saturated heterocycles. The number of thiophene rings is 1. The lowest BCUT2D eigenvalue weighted by molar-refractivity contribution is 1.24. The maximum Gasteiger partial charge on any atom is 0.161 e. The molecule has 0 N–H and O–H groups in total. The van der Waals surface area contributed by atoms with Crippen molar-refractivity contribution >= 4 is 31.6 Å². The molecule has 7 aromatic rings. The first-order valence-electron chi connectivity index (χ1n) is 12.3. The van der Waals surface area contributed by atoms with E-state index in [2.05, 4.69) is 115 Å². The highest BCUT2D eigenvalue weighted by Gasteiger charge is 2.18. The van der Waals surface area contributed by atoms with Crippen LogP contribution in [-0.2, 0) is 0 Å². The molecule has 3 heteroatoms. The molecular weight excluding hydrogens is 468 g/mol. The Morgan fingerprint density at radius 2 is 0.946 bits per heavy atom. The maximum absolute atomic E-state index is 5.23. The summed E-state index contributed by atoms with van der Waals surface area (Å²) in [5.74, 6) is 0.751. The smallest absolute Gasteiger partial charge is 0.161 e. The third-order valence-corrected chi connectivity index (χ3v) is 7.76. The van der Waals surface area contributed by atoms with Gasteiger partial charge in [0.1, 0.15) is 4.83 Å². The van der Waals surface area contributed by atoms with Crippen LogP contribution in [-0.4, -0.2) is 9.97 Å². The summed E-state index contributed by atoms with van der Waals surface area (Å²) in [4.78, 5) is 11.3. The molecule has 0 amide bonds. The van der Waals surface area contributed by atoms with E-state index in [0.29, 0.717) is 0 Å². The Morgan fingerprint density at radius 1 is 0.432 bits per heavy atom. The van der Waals surface area contributed by atoms with Crippen molar-refractivity contribution in [2.75, 3.05) is 0 Å². The molecule has 0 radical (unpaired) electrons. The fraction of sp³-hybridized carbons (Fsp3) is 0. The summed E-state index contributed by atoms with van der Waals surface area (Å²) in [6.45, 7) is 0. The number of nitrogens with zero attached hydrogens (tertiary/aromatic N) is 2. The lowest BCUT2D eigenvalue weighted by atomic mass is 9.94. The summed E-state index contributed by atoms with van der Waals surface area (Å²) in [6.07, 6.45) is 0. The molecule has 0 aliphatic carbocycles. The minimum absolute atomic E-state index is 0.751. The van der Waals surface area contributed by atoms with Gasteiger partial charge >= 0.3 is 0 Å². The maximum atomic E-state index is 5.23. The average molecular weight is 491 g/mol. The fourth-order valence-electron chi connectivity index (χ4n) is 4.91. The van der Waals surface area contributed by atoms with Gasteiger partial charge in [-0.15, -0.1) is 11.3 Å². The van der Waals surface area contributed by atoms with E-state index in [4.69, 9.17) is 9.97 Å². The molecular formula is C34H22N2S. The number of rotatable bonds is 4. The highest BCUT2D eigenvalue weighted by atomic mass is 32.1. The Hall–Kier alpha value is -4.60. The van der Waals surface area contributed by atoms with Gasteiger partial charge in [0.05, 0.1) is 5.69 Å². The van der Waals surface area contributed by atoms with E-state index in [1.54, 1.807) is 11.3 Å². The van der Waals surface area contributed by atoms with Gasteiger partial charge in [-0.25, -0.2) is 9.97 Å². The summed E-state index contributed by atoms with van der Waals surface area (Å²) in [7, 11) is 0. The van der Waals surface area contributed by atoms with Gasteiger partial charge in [-0.05, 0) is 46.5 Å². The van der Waals surface area contributed by atoms with Crippen molar-refractivity contribution < 1.29 is 0 Å². The number of benzene rings is 5. The molecule has 0 aliphatic rings. The molecule has 0 unspecified atom stereocenters. The van der Waals surface area contributed by atoms with E-state index in [0.717, 1.165) is 32.9 Å². The van der Waals surface area contributed by atoms with Crippen LogP contribution in [0.1, 0.15) is 0 Å². The second-order valence-electron chi connectivity index (χ2n) is 9.07. The molecule has 0 saturated carbocycles. The molecule has 0 atom stereocenters. The molecule has 0 fully saturated rings. The van der Waals surface area contributed by atoms with Gasteiger partial charge in [-0.3, -0.25) is 0 Å². The third-order valence-electron chi connectivity index (χ3n) is 6.69. The molecule has 37 heavy (non-hydrogen) atoms. The van der Waals surface area contributed by atoms with Crippen molar-refractivity contribution in [3.05, 3.63) is 133 Å². The summed E-state index contributed by atoms with van der Waals surface area (Å²) >= 11 is 1.73. The average Bonchev–Trinajstić information content (AvgIpc) is 3.36. The standard InChI is InChI=1S/C34H22N2S/c1-4-12-23(13-5-1)26-20-27(24-14-6-2-7-15-24)22-28(21-26)32-31-29-18-10-11-19-30(29)37-34(31)36-33(35-32)25-16-8-3-9-17-25/h1-22H. The van der Waals surface area contributed by atoms with Crippen LogP contribution in [0.4, 0.5) is 0 Å². The normalized spacial score (nSPS) is 11.2. The van der Waals surface area contributed by atoms with Crippen LogP contribution in [0.3, 0.4) is 0 Å². The van der Waals surface area contributed by atoms with Gasteiger partial charge in [0, 0.05) is 26.6 Å². The number of hydrogen-bond donors (Lipinski definition) is 0. The van der Waals surface area contributed by atoms with Gasteiger partial charge in [-0.2, -0.15) is 0 Å². The zero-order valence-electron chi connectivity index (χ0n) is 20.0. The highest BCUT2D eigenvalue weighted by Crippen LogP contribution is 2.41. The van der Waals surface area contributed by atoms with Crippen LogP contribution in [0, 0.1) is 0 Å². The minimum atomic E-state index is 0.751. The fourth-order valence-corrected chi connectivity index (χ4v) is 5.98. The number of hydrogen-bond acceptors (Lipinski definition) is 3. The quantitative estimate of drug-likeness (QED) is 0.245. The van der Waals surface area contributed by atoms with E-state index in [1.165, 1.54) is 32.3 Å². The molecule has 5 aromatic carbocycles. The van der Waals surface area contributed by atoms with E-state index in [1.807, 2.05) is 18.2 Å². The zero-order valence-corrected chi connectivity index (χ0v) is 20.8. The predicted octanol–water partition coefficient (Wildman–Crippen LogP) is 9.51. The van der Waals surface area contributed by atoms with Gasteiger partial charge in [0.2, 0.25) is 0 Å². The van der Waals surface area contributed by atoms with E-state index >= 15 is 0 Å². The molecule has 2 nitrogen and oxygen atoms in total. The predicted molar refractivity (Wildman–Crippen MR) is 157 cm³/mol. The monoisotopic (exact) mass is 490 g/mol. The van der Waals surface area contributed by atoms with Crippen LogP contribution in [0.25, 0.3) is 65.2 Å². The van der Waals surface area contributed by atoms with Crippen molar-refractivity contribution in [3.63, 3.8) is 0 Å². The van der Waals surface area contributed by atoms with Crippen LogP contribution in [0.2, 0.25) is 0 Å². The summed E-state index contributed by atoms with van der Waals surface area (Å²) < 4.78 is 1.22. The molecule has 0 bridgehead atoms. The van der Waals surface area contributed by atoms with Crippen molar-refractivity contribution in [1.29, 1.82) is 0 Å². The van der Waals surface area contributed by atoms with E-state index in [9.17, 15) is 0 Å². The van der Waals surface area contributed by atoms with Gasteiger partial charge in [0.25, 0.3) is 0 Å². The molecule has 2 aromatic heterocycles. The van der Waals surface area contributed by atoms with Crippen molar-refractivity contribution in [3.8, 4) is 44.9 Å². The summed E-state index contributed by atoms with van der Waals surface area (Å²) in [5.41, 5.74) is 7.79. The van der Waals surface area contributed by atoms with Gasteiger partial charge in [-0.1, -0.05) is 109 Å². The molecule has 2 heterocycles. The van der Waals surface area contributed by atoms with Crippen LogP contribution < -0.4 is 0 Å². The van der Waals surface area contributed by atoms with E-state index < -0.39 is 0 Å². The summed E-state index contributed by atoms with van der Waals surface area (Å²) in [5, 5.41) is 2.31. The SMILES string of the molecule is c1ccc(-c2cc(-c3ccccc3)cc(-c3nc(-c4ccccc4)nc4sc5ccccc5c34)c2)cc1. The van der Waals surface area contributed by atoms with Crippen molar-refractivity contribution in [2.45, 2.75) is 0 Å². The number of aromatic nitrogens is 2. The molecule has 0 aliphatic heterocycles. The van der Waals surface area contributed by atoms with Crippen molar-refractivity contribution in [1.82, 2.24) is 9.97 Å². The molecule has 7 rings (SSSR count). The highest BCUT2D eigenvalue weighted by molar-refractivity contribution is 7.25. The van der Waals surface area contributed by atoms with Gasteiger partial charge in [0.15, 0.2) is 5.82 Å². The zero-order chi connectivity index (χ0) is 24.6. The minimum Gasteiger partial charge on any atom is -0.227 e. The summed E-state index contributed by atoms with van der Waals surface area (Å²) in [6, 6.07) is 46.7. The first-order valence-corrected chi connectivity index (χ1v) is 13.2. The Labute approximate surface area is 219 Å². The molecule has 0 spiro atoms. The first kappa shape index (κ1) is 21.7. The second-order valence-corrected chi connectivity index (χ2v) is 10.1. The first-order chi connectivity index (χ1) is 18.3. The van der Waals surface area contributed by atoms with Crippen molar-refractivity contribution in [2.24, 2.45) is 0 Å². The largest absolute Gasteiger partial charge is 0.227 e. The lowest BCUT2D eigenvalue weighted by Crippen LogP contribution is -1.94. The van der Waals surface area contributed by atoms with Crippen LogP contribution >= 0.6 is 11.3 Å². The third kappa shape index (κ3) is 4.00. The topological polar surface area (TPSA) is 25.8 Å². The second kappa shape index (κ2) is 9.12. The lowest BCUT2D eigenvalue weighted by Gasteiger charge is -2.13. The van der Waals surface area contributed by atoms with Crippen LogP contribution in [0.15, 0.2) is 133 Å².